The number of nitrogens with zero attached hydrogens (tertiary/aromatic N) is 3. The molecule has 3 fully saturated rings. The SMILES string of the molecule is CN=C(NC1C2CCOC2C1(C)C)N1CCN(c2cccc(OC)c2)CC1.I. The summed E-state index contributed by atoms with van der Waals surface area (Å²) in [6.07, 6.45) is 1.56. The summed E-state index contributed by atoms with van der Waals surface area (Å²) in [6, 6.07) is 8.76. The first-order chi connectivity index (χ1) is 13.0. The summed E-state index contributed by atoms with van der Waals surface area (Å²) in [5, 5.41) is 3.76. The van der Waals surface area contributed by atoms with Crippen molar-refractivity contribution in [2.45, 2.75) is 32.4 Å². The van der Waals surface area contributed by atoms with E-state index in [9.17, 15) is 0 Å². The van der Waals surface area contributed by atoms with E-state index in [2.05, 4.69) is 52.2 Å². The largest absolute Gasteiger partial charge is 0.497 e. The van der Waals surface area contributed by atoms with Crippen LogP contribution in [0.2, 0.25) is 0 Å². The molecule has 0 bridgehead atoms. The number of piperazine rings is 1. The van der Waals surface area contributed by atoms with E-state index in [1.54, 1.807) is 7.11 Å². The number of methoxy groups -OCH3 is 1. The summed E-state index contributed by atoms with van der Waals surface area (Å²) < 4.78 is 11.3. The van der Waals surface area contributed by atoms with E-state index in [1.165, 1.54) is 5.69 Å². The number of hydrogen-bond acceptors (Lipinski definition) is 4. The predicted molar refractivity (Wildman–Crippen MR) is 124 cm³/mol. The summed E-state index contributed by atoms with van der Waals surface area (Å²) in [7, 11) is 3.61. The molecule has 0 aromatic heterocycles. The Balaban J connectivity index is 0.00000225. The maximum absolute atomic E-state index is 5.93. The van der Waals surface area contributed by atoms with Gasteiger partial charge >= 0.3 is 0 Å². The van der Waals surface area contributed by atoms with Crippen LogP contribution in [-0.2, 0) is 4.74 Å². The average Bonchev–Trinajstić information content (AvgIpc) is 3.16. The van der Waals surface area contributed by atoms with Gasteiger partial charge in [0.15, 0.2) is 5.96 Å². The molecule has 0 spiro atoms. The zero-order valence-corrected chi connectivity index (χ0v) is 19.7. The number of rotatable bonds is 3. The Morgan fingerprint density at radius 3 is 2.68 bits per heavy atom. The van der Waals surface area contributed by atoms with Gasteiger partial charge in [-0.3, -0.25) is 4.99 Å². The first-order valence-electron chi connectivity index (χ1n) is 10.0. The maximum atomic E-state index is 5.93. The molecule has 2 saturated heterocycles. The van der Waals surface area contributed by atoms with E-state index in [4.69, 9.17) is 9.47 Å². The van der Waals surface area contributed by atoms with Crippen LogP contribution in [0.4, 0.5) is 5.69 Å². The molecule has 0 radical (unpaired) electrons. The first-order valence-corrected chi connectivity index (χ1v) is 10.0. The minimum Gasteiger partial charge on any atom is -0.497 e. The minimum atomic E-state index is 0. The molecule has 28 heavy (non-hydrogen) atoms. The van der Waals surface area contributed by atoms with E-state index >= 15 is 0 Å². The summed E-state index contributed by atoms with van der Waals surface area (Å²) in [5.41, 5.74) is 1.39. The predicted octanol–water partition coefficient (Wildman–Crippen LogP) is 2.82. The molecule has 1 aliphatic carbocycles. The van der Waals surface area contributed by atoms with E-state index in [0.29, 0.717) is 18.1 Å². The number of nitrogens with one attached hydrogen (secondary N) is 1. The molecule has 7 heteroatoms. The normalized spacial score (nSPS) is 28.9. The molecule has 6 nitrogen and oxygen atoms in total. The number of guanidine groups is 1. The molecule has 1 saturated carbocycles. The van der Waals surface area contributed by atoms with E-state index in [0.717, 1.165) is 50.9 Å². The third-order valence-electron chi connectivity index (χ3n) is 6.59. The fraction of sp³-hybridized carbons (Fsp3) is 0.667. The maximum Gasteiger partial charge on any atom is 0.194 e. The second-order valence-electron chi connectivity index (χ2n) is 8.41. The second-order valence-corrected chi connectivity index (χ2v) is 8.41. The molecule has 3 unspecified atom stereocenters. The summed E-state index contributed by atoms with van der Waals surface area (Å²) in [5.74, 6) is 2.56. The van der Waals surface area contributed by atoms with Crippen LogP contribution in [0.25, 0.3) is 0 Å². The standard InChI is InChI=1S/C21H32N4O2.HI/c1-21(2)18(17-8-13-27-19(17)21)23-20(22-3)25-11-9-24(10-12-25)15-6-5-7-16(14-15)26-4;/h5-7,14,17-19H,8-13H2,1-4H3,(H,22,23);1H. The Labute approximate surface area is 185 Å². The van der Waals surface area contributed by atoms with Crippen molar-refractivity contribution in [2.75, 3.05) is 51.8 Å². The van der Waals surface area contributed by atoms with Crippen LogP contribution in [-0.4, -0.2) is 69.9 Å². The smallest absolute Gasteiger partial charge is 0.194 e. The van der Waals surface area contributed by atoms with Gasteiger partial charge in [-0.05, 0) is 18.6 Å². The summed E-state index contributed by atoms with van der Waals surface area (Å²) in [4.78, 5) is 9.39. The lowest BCUT2D eigenvalue weighted by atomic mass is 9.57. The summed E-state index contributed by atoms with van der Waals surface area (Å²) >= 11 is 0. The van der Waals surface area contributed by atoms with Crippen LogP contribution < -0.4 is 15.0 Å². The van der Waals surface area contributed by atoms with Crippen molar-refractivity contribution in [2.24, 2.45) is 16.3 Å². The van der Waals surface area contributed by atoms with Crippen LogP contribution in [0.5, 0.6) is 5.75 Å². The molecule has 4 rings (SSSR count). The Hall–Kier alpha value is -1.22. The Bertz CT molecular complexity index is 703. The van der Waals surface area contributed by atoms with Gasteiger partial charge in [-0.25, -0.2) is 0 Å². The van der Waals surface area contributed by atoms with Crippen LogP contribution in [0, 0.1) is 11.3 Å². The zero-order chi connectivity index (χ0) is 19.0. The fourth-order valence-electron chi connectivity index (χ4n) is 5.04. The molecule has 1 aromatic rings. The topological polar surface area (TPSA) is 49.3 Å². The second kappa shape index (κ2) is 8.65. The van der Waals surface area contributed by atoms with Crippen LogP contribution in [0.3, 0.4) is 0 Å². The van der Waals surface area contributed by atoms with Gasteiger partial charge in [0.2, 0.25) is 0 Å². The quantitative estimate of drug-likeness (QED) is 0.393. The first kappa shape index (κ1) is 21.5. The number of aliphatic imine (C=N–C) groups is 1. The third-order valence-corrected chi connectivity index (χ3v) is 6.59. The average molecular weight is 500 g/mol. The van der Waals surface area contributed by atoms with Gasteiger partial charge in [-0.2, -0.15) is 0 Å². The van der Waals surface area contributed by atoms with Gasteiger partial charge < -0.3 is 24.6 Å². The van der Waals surface area contributed by atoms with Crippen LogP contribution in [0.15, 0.2) is 29.3 Å². The Morgan fingerprint density at radius 1 is 1.25 bits per heavy atom. The highest BCUT2D eigenvalue weighted by molar-refractivity contribution is 14.0. The molecule has 1 aromatic carbocycles. The number of benzene rings is 1. The van der Waals surface area contributed by atoms with Crippen molar-refractivity contribution in [1.82, 2.24) is 10.2 Å². The Morgan fingerprint density at radius 2 is 2.00 bits per heavy atom. The van der Waals surface area contributed by atoms with Crippen molar-refractivity contribution in [3.8, 4) is 5.75 Å². The van der Waals surface area contributed by atoms with Gasteiger partial charge in [0, 0.05) is 69.0 Å². The van der Waals surface area contributed by atoms with Gasteiger partial charge in [0.1, 0.15) is 5.75 Å². The number of anilines is 1. The van der Waals surface area contributed by atoms with Gasteiger partial charge in [-0.1, -0.05) is 19.9 Å². The molecule has 3 atom stereocenters. The van der Waals surface area contributed by atoms with Gasteiger partial charge in [0.25, 0.3) is 0 Å². The number of hydrogen-bond donors (Lipinski definition) is 1. The Kier molecular flexibility index (Phi) is 6.64. The highest BCUT2D eigenvalue weighted by Gasteiger charge is 2.59. The number of fused-ring (bicyclic) bond motifs is 1. The molecular weight excluding hydrogens is 467 g/mol. The van der Waals surface area contributed by atoms with Crippen molar-refractivity contribution in [3.63, 3.8) is 0 Å². The fourth-order valence-corrected chi connectivity index (χ4v) is 5.04. The van der Waals surface area contributed by atoms with Gasteiger partial charge in [0.05, 0.1) is 13.2 Å². The van der Waals surface area contributed by atoms with Crippen LogP contribution >= 0.6 is 24.0 Å². The minimum absolute atomic E-state index is 0. The summed E-state index contributed by atoms with van der Waals surface area (Å²) in [6.45, 7) is 9.42. The van der Waals surface area contributed by atoms with Crippen molar-refractivity contribution < 1.29 is 9.47 Å². The van der Waals surface area contributed by atoms with Crippen molar-refractivity contribution in [1.29, 1.82) is 0 Å². The highest BCUT2D eigenvalue weighted by Crippen LogP contribution is 2.52. The molecule has 2 heterocycles. The monoisotopic (exact) mass is 500 g/mol. The van der Waals surface area contributed by atoms with E-state index in [-0.39, 0.29) is 29.4 Å². The molecular formula is C21H33IN4O2. The highest BCUT2D eigenvalue weighted by atomic mass is 127. The van der Waals surface area contributed by atoms with E-state index < -0.39 is 0 Å². The lowest BCUT2D eigenvalue weighted by Gasteiger charge is -2.55. The molecule has 3 aliphatic rings. The molecule has 2 aliphatic heterocycles. The molecule has 1 N–H and O–H groups in total. The van der Waals surface area contributed by atoms with Crippen LogP contribution in [0.1, 0.15) is 20.3 Å². The lowest BCUT2D eigenvalue weighted by Crippen LogP contribution is -2.68. The van der Waals surface area contributed by atoms with Gasteiger partial charge in [-0.15, -0.1) is 24.0 Å². The van der Waals surface area contributed by atoms with Crippen molar-refractivity contribution >= 4 is 35.6 Å². The van der Waals surface area contributed by atoms with Crippen molar-refractivity contribution in [3.05, 3.63) is 24.3 Å². The number of ether oxygens (including phenoxy) is 2. The number of halogens is 1. The molecule has 156 valence electrons. The lowest BCUT2D eigenvalue weighted by molar-refractivity contribution is -0.107. The zero-order valence-electron chi connectivity index (χ0n) is 17.4. The molecule has 0 amide bonds. The third kappa shape index (κ3) is 3.79. The van der Waals surface area contributed by atoms with E-state index in [1.807, 2.05) is 13.1 Å².